The molecule has 0 aromatic carbocycles. The van der Waals surface area contributed by atoms with Crippen LogP contribution in [0, 0.1) is 5.41 Å². The molecule has 1 aromatic heterocycles. The van der Waals surface area contributed by atoms with Crippen LogP contribution < -0.4 is 0 Å². The zero-order valence-corrected chi connectivity index (χ0v) is 7.88. The number of hydrogen-bond acceptors (Lipinski definition) is 3. The third kappa shape index (κ3) is 1.04. The second kappa shape index (κ2) is 2.67. The summed E-state index contributed by atoms with van der Waals surface area (Å²) in [6.45, 7) is 1.51. The number of ether oxygens (including phenoxy) is 1. The van der Waals surface area contributed by atoms with Crippen molar-refractivity contribution in [3.63, 3.8) is 0 Å². The largest absolute Gasteiger partial charge is 0.381 e. The van der Waals surface area contributed by atoms with Crippen molar-refractivity contribution in [2.45, 2.75) is 19.3 Å². The van der Waals surface area contributed by atoms with Crippen LogP contribution >= 0.6 is 0 Å². The van der Waals surface area contributed by atoms with Gasteiger partial charge in [-0.05, 0) is 12.8 Å². The normalized spacial score (nSPS) is 31.0. The zero-order valence-electron chi connectivity index (χ0n) is 7.88. The number of Topliss-reactive ketones (excluding diaryl/α,β-unsaturated/α-hetero) is 1. The topological polar surface area (TPSA) is 55.0 Å². The van der Waals surface area contributed by atoms with Crippen LogP contribution in [0.4, 0.5) is 0 Å². The lowest BCUT2D eigenvalue weighted by atomic mass is 9.73. The Bertz CT molecular complexity index is 377. The van der Waals surface area contributed by atoms with Crippen molar-refractivity contribution in [3.8, 4) is 0 Å². The van der Waals surface area contributed by atoms with E-state index >= 15 is 0 Å². The van der Waals surface area contributed by atoms with Gasteiger partial charge in [0.2, 0.25) is 0 Å². The minimum absolute atomic E-state index is 0.0661. The molecule has 2 heterocycles. The van der Waals surface area contributed by atoms with Gasteiger partial charge in [0.25, 0.3) is 0 Å². The van der Waals surface area contributed by atoms with Gasteiger partial charge in [-0.1, -0.05) is 0 Å². The Kier molecular flexibility index (Phi) is 1.56. The van der Waals surface area contributed by atoms with E-state index < -0.39 is 0 Å². The number of carbonyl (C=O) groups excluding carboxylic acids is 1. The molecular formula is C10H12N2O2. The molecule has 1 aliphatic carbocycles. The molecular weight excluding hydrogens is 180 g/mol. The number of ketones is 1. The number of aromatic nitrogens is 2. The molecule has 1 atom stereocenters. The average molecular weight is 192 g/mol. The number of H-pyrrole nitrogens is 1. The highest BCUT2D eigenvalue weighted by Crippen LogP contribution is 2.40. The lowest BCUT2D eigenvalue weighted by Crippen LogP contribution is -2.32. The van der Waals surface area contributed by atoms with Crippen molar-refractivity contribution in [3.05, 3.63) is 17.7 Å². The molecule has 4 nitrogen and oxygen atoms in total. The highest BCUT2D eigenvalue weighted by molar-refractivity contribution is 5.96. The quantitative estimate of drug-likeness (QED) is 0.665. The Morgan fingerprint density at radius 1 is 1.50 bits per heavy atom. The lowest BCUT2D eigenvalue weighted by Gasteiger charge is -2.29. The number of aromatic amines is 1. The molecule has 74 valence electrons. The third-order valence-corrected chi connectivity index (χ3v) is 3.25. The van der Waals surface area contributed by atoms with Gasteiger partial charge >= 0.3 is 0 Å². The molecule has 2 aliphatic rings. The van der Waals surface area contributed by atoms with E-state index in [1.807, 2.05) is 0 Å². The number of carbonyl (C=O) groups is 1. The van der Waals surface area contributed by atoms with Crippen LogP contribution in [-0.2, 0) is 11.2 Å². The summed E-state index contributed by atoms with van der Waals surface area (Å²) < 4.78 is 5.39. The van der Waals surface area contributed by atoms with Crippen molar-refractivity contribution in [1.82, 2.24) is 9.97 Å². The third-order valence-electron chi connectivity index (χ3n) is 3.25. The molecule has 14 heavy (non-hydrogen) atoms. The fraction of sp³-hybridized carbons (Fsp3) is 0.600. The summed E-state index contributed by atoms with van der Waals surface area (Å²) in [6.07, 6.45) is 4.12. The molecule has 1 aliphatic heterocycles. The van der Waals surface area contributed by atoms with Crippen molar-refractivity contribution >= 4 is 5.78 Å². The summed E-state index contributed by atoms with van der Waals surface area (Å²) in [7, 11) is 0. The maximum absolute atomic E-state index is 11.8. The van der Waals surface area contributed by atoms with E-state index in [1.54, 1.807) is 6.33 Å². The Labute approximate surface area is 81.7 Å². The van der Waals surface area contributed by atoms with Crippen molar-refractivity contribution in [2.75, 3.05) is 13.2 Å². The van der Waals surface area contributed by atoms with Crippen LogP contribution in [0.2, 0.25) is 0 Å². The molecule has 0 amide bonds. The first-order valence-corrected chi connectivity index (χ1v) is 4.92. The fourth-order valence-electron chi connectivity index (χ4n) is 2.49. The first-order chi connectivity index (χ1) is 6.79. The summed E-state index contributed by atoms with van der Waals surface area (Å²) in [5.74, 6) is 0.165. The van der Waals surface area contributed by atoms with Gasteiger partial charge in [-0.2, -0.15) is 0 Å². The van der Waals surface area contributed by atoms with Crippen molar-refractivity contribution in [2.24, 2.45) is 5.41 Å². The first-order valence-electron chi connectivity index (χ1n) is 4.92. The first kappa shape index (κ1) is 8.17. The highest BCUT2D eigenvalue weighted by Gasteiger charge is 2.42. The van der Waals surface area contributed by atoms with E-state index in [2.05, 4.69) is 9.97 Å². The smallest absolute Gasteiger partial charge is 0.183 e. The predicted molar refractivity (Wildman–Crippen MR) is 49.1 cm³/mol. The minimum atomic E-state index is 0.0661. The van der Waals surface area contributed by atoms with E-state index in [0.29, 0.717) is 12.1 Å². The Hall–Kier alpha value is -1.16. The molecule has 4 heteroatoms. The van der Waals surface area contributed by atoms with Crippen LogP contribution in [0.15, 0.2) is 6.33 Å². The van der Waals surface area contributed by atoms with E-state index in [4.69, 9.17) is 4.74 Å². The van der Waals surface area contributed by atoms with E-state index in [9.17, 15) is 4.79 Å². The number of imidazole rings is 1. The van der Waals surface area contributed by atoms with Crippen LogP contribution in [0.1, 0.15) is 29.0 Å². The molecule has 0 bridgehead atoms. The van der Waals surface area contributed by atoms with E-state index in [0.717, 1.165) is 31.7 Å². The van der Waals surface area contributed by atoms with Crippen molar-refractivity contribution < 1.29 is 9.53 Å². The molecule has 1 unspecified atom stereocenters. The monoisotopic (exact) mass is 192 g/mol. The molecule has 0 saturated carbocycles. The Morgan fingerprint density at radius 2 is 2.43 bits per heavy atom. The van der Waals surface area contributed by atoms with Crippen LogP contribution in [-0.4, -0.2) is 29.0 Å². The second-order valence-electron chi connectivity index (χ2n) is 4.31. The number of nitrogens with one attached hydrogen (secondary N) is 1. The molecule has 1 aromatic rings. The molecule has 1 fully saturated rings. The Balaban J connectivity index is 2.00. The van der Waals surface area contributed by atoms with Crippen molar-refractivity contribution in [1.29, 1.82) is 0 Å². The number of hydrogen-bond donors (Lipinski definition) is 1. The SMILES string of the molecule is O=C1CC2(CCOC2)Cc2[nH]cnc21. The fourth-order valence-corrected chi connectivity index (χ4v) is 2.49. The summed E-state index contributed by atoms with van der Waals surface area (Å²) in [6, 6.07) is 0. The second-order valence-corrected chi connectivity index (χ2v) is 4.31. The van der Waals surface area contributed by atoms with Gasteiger partial charge < -0.3 is 9.72 Å². The van der Waals surface area contributed by atoms with Gasteiger partial charge in [-0.25, -0.2) is 4.98 Å². The zero-order chi connectivity index (χ0) is 9.60. The molecule has 1 saturated heterocycles. The molecule has 1 N–H and O–H groups in total. The minimum Gasteiger partial charge on any atom is -0.381 e. The standard InChI is InChI=1S/C10H12N2O2/c13-8-4-10(1-2-14-5-10)3-7-9(8)12-6-11-7/h6H,1-5H2,(H,11,12). The summed E-state index contributed by atoms with van der Waals surface area (Å²) >= 11 is 0. The molecule has 0 radical (unpaired) electrons. The number of rotatable bonds is 0. The molecule has 3 rings (SSSR count). The lowest BCUT2D eigenvalue weighted by molar-refractivity contribution is 0.0839. The number of nitrogens with zero attached hydrogens (tertiary/aromatic N) is 1. The van der Waals surface area contributed by atoms with E-state index in [-0.39, 0.29) is 11.2 Å². The summed E-state index contributed by atoms with van der Waals surface area (Å²) in [5, 5.41) is 0. The van der Waals surface area contributed by atoms with Gasteiger partial charge in [0.1, 0.15) is 5.69 Å². The predicted octanol–water partition coefficient (Wildman–Crippen LogP) is 0.945. The number of fused-ring (bicyclic) bond motifs is 1. The molecule has 1 spiro atoms. The summed E-state index contributed by atoms with van der Waals surface area (Å²) in [5.41, 5.74) is 1.70. The maximum atomic E-state index is 11.8. The van der Waals surface area contributed by atoms with Gasteiger partial charge in [-0.15, -0.1) is 0 Å². The summed E-state index contributed by atoms with van der Waals surface area (Å²) in [4.78, 5) is 18.9. The Morgan fingerprint density at radius 3 is 3.21 bits per heavy atom. The highest BCUT2D eigenvalue weighted by atomic mass is 16.5. The van der Waals surface area contributed by atoms with Crippen LogP contribution in [0.3, 0.4) is 0 Å². The van der Waals surface area contributed by atoms with Crippen LogP contribution in [0.5, 0.6) is 0 Å². The van der Waals surface area contributed by atoms with Gasteiger partial charge in [0, 0.05) is 24.1 Å². The van der Waals surface area contributed by atoms with Crippen LogP contribution in [0.25, 0.3) is 0 Å². The maximum Gasteiger partial charge on any atom is 0.183 e. The van der Waals surface area contributed by atoms with Gasteiger partial charge in [0.05, 0.1) is 12.9 Å². The van der Waals surface area contributed by atoms with E-state index in [1.165, 1.54) is 0 Å². The average Bonchev–Trinajstić information content (AvgIpc) is 2.75. The van der Waals surface area contributed by atoms with Gasteiger partial charge in [-0.3, -0.25) is 4.79 Å². The van der Waals surface area contributed by atoms with Gasteiger partial charge in [0.15, 0.2) is 5.78 Å².